The zero-order valence-corrected chi connectivity index (χ0v) is 24.5. The number of hydrogen-bond donors (Lipinski definition) is 1. The topological polar surface area (TPSA) is 111 Å². The van der Waals surface area contributed by atoms with Crippen LogP contribution in [-0.2, 0) is 15.3 Å². The van der Waals surface area contributed by atoms with Crippen LogP contribution in [0.4, 0.5) is 5.13 Å². The third kappa shape index (κ3) is 5.45. The molecule has 0 radical (unpaired) electrons. The first-order chi connectivity index (χ1) is 20.4. The predicted molar refractivity (Wildman–Crippen MR) is 160 cm³/mol. The van der Waals surface area contributed by atoms with E-state index in [1.54, 1.807) is 42.5 Å². The SMILES string of the molecule is CCOc1cccc([C@@H]2C(=C(O)c3ccc4c(c3)OCCO4)C(=O)C(=O)N2c2nnc(SCc3ccc(C)cc3)s2)c1. The molecule has 2 aliphatic heterocycles. The van der Waals surface area contributed by atoms with Crippen LogP contribution in [0.3, 0.4) is 0 Å². The first-order valence-electron chi connectivity index (χ1n) is 13.4. The van der Waals surface area contributed by atoms with E-state index in [-0.39, 0.29) is 16.5 Å². The lowest BCUT2D eigenvalue weighted by Gasteiger charge is -2.23. The van der Waals surface area contributed by atoms with Crippen molar-refractivity contribution >= 4 is 45.7 Å². The van der Waals surface area contributed by atoms with Gasteiger partial charge in [-0.3, -0.25) is 14.5 Å². The molecule has 2 aliphatic rings. The number of benzene rings is 3. The van der Waals surface area contributed by atoms with Gasteiger partial charge in [-0.05, 0) is 55.3 Å². The molecule has 42 heavy (non-hydrogen) atoms. The van der Waals surface area contributed by atoms with E-state index >= 15 is 0 Å². The van der Waals surface area contributed by atoms with Crippen molar-refractivity contribution in [2.45, 2.75) is 30.0 Å². The van der Waals surface area contributed by atoms with Gasteiger partial charge in [-0.2, -0.15) is 0 Å². The molecule has 1 amide bonds. The Kier molecular flexibility index (Phi) is 7.86. The number of carbonyl (C=O) groups excluding carboxylic acids is 2. The number of aromatic nitrogens is 2. The summed E-state index contributed by atoms with van der Waals surface area (Å²) in [7, 11) is 0. The van der Waals surface area contributed by atoms with Crippen LogP contribution in [0.2, 0.25) is 0 Å². The lowest BCUT2D eigenvalue weighted by Crippen LogP contribution is -2.29. The van der Waals surface area contributed by atoms with Gasteiger partial charge in [0.15, 0.2) is 15.8 Å². The number of fused-ring (bicyclic) bond motifs is 1. The summed E-state index contributed by atoms with van der Waals surface area (Å²) in [5, 5.41) is 20.4. The molecular weight excluding hydrogens is 574 g/mol. The van der Waals surface area contributed by atoms with E-state index in [0.717, 1.165) is 5.56 Å². The summed E-state index contributed by atoms with van der Waals surface area (Å²) >= 11 is 2.72. The van der Waals surface area contributed by atoms with Gasteiger partial charge in [0.05, 0.1) is 18.2 Å². The molecule has 6 rings (SSSR count). The molecular formula is C31H27N3O6S2. The summed E-state index contributed by atoms with van der Waals surface area (Å²) in [6, 6.07) is 19.3. The van der Waals surface area contributed by atoms with Crippen molar-refractivity contribution in [3.63, 3.8) is 0 Å². The van der Waals surface area contributed by atoms with Gasteiger partial charge in [0.1, 0.15) is 24.7 Å². The molecule has 11 heteroatoms. The summed E-state index contributed by atoms with van der Waals surface area (Å²) < 4.78 is 17.6. The Balaban J connectivity index is 1.39. The first kappa shape index (κ1) is 27.8. The number of Topliss-reactive ketones (excluding diaryl/α,β-unsaturated/α-hetero) is 1. The van der Waals surface area contributed by atoms with Crippen molar-refractivity contribution in [2.24, 2.45) is 0 Å². The first-order valence-corrected chi connectivity index (χ1v) is 15.2. The molecule has 1 atom stereocenters. The van der Waals surface area contributed by atoms with Gasteiger partial charge in [-0.15, -0.1) is 10.2 Å². The number of nitrogens with zero attached hydrogens (tertiary/aromatic N) is 3. The number of amides is 1. The fourth-order valence-corrected chi connectivity index (χ4v) is 6.64. The van der Waals surface area contributed by atoms with E-state index < -0.39 is 17.7 Å². The quantitative estimate of drug-likeness (QED) is 0.0863. The molecule has 0 spiro atoms. The molecule has 0 unspecified atom stereocenters. The van der Waals surface area contributed by atoms with Gasteiger partial charge >= 0.3 is 5.91 Å². The Morgan fingerprint density at radius 1 is 1.05 bits per heavy atom. The summed E-state index contributed by atoms with van der Waals surface area (Å²) in [4.78, 5) is 28.5. The average molecular weight is 602 g/mol. The molecule has 214 valence electrons. The van der Waals surface area contributed by atoms with Crippen molar-refractivity contribution in [3.8, 4) is 17.2 Å². The minimum absolute atomic E-state index is 0.0608. The van der Waals surface area contributed by atoms with Crippen LogP contribution in [0, 0.1) is 6.92 Å². The Labute approximate surface area is 250 Å². The molecule has 9 nitrogen and oxygen atoms in total. The molecule has 4 aromatic rings. The maximum Gasteiger partial charge on any atom is 0.301 e. The summed E-state index contributed by atoms with van der Waals surface area (Å²) in [6.45, 7) is 5.15. The third-order valence-electron chi connectivity index (χ3n) is 6.83. The van der Waals surface area contributed by atoms with Crippen molar-refractivity contribution in [2.75, 3.05) is 24.7 Å². The lowest BCUT2D eigenvalue weighted by atomic mass is 9.95. The fraction of sp³-hybridized carbons (Fsp3) is 0.226. The number of aliphatic hydroxyl groups is 1. The van der Waals surface area contributed by atoms with Gasteiger partial charge in [0.25, 0.3) is 5.78 Å². The molecule has 3 heterocycles. The molecule has 1 saturated heterocycles. The molecule has 1 N–H and O–H groups in total. The summed E-state index contributed by atoms with van der Waals surface area (Å²) in [6.07, 6.45) is 0. The van der Waals surface area contributed by atoms with Crippen LogP contribution in [0.15, 0.2) is 76.6 Å². The number of hydrogen-bond acceptors (Lipinski definition) is 10. The lowest BCUT2D eigenvalue weighted by molar-refractivity contribution is -0.132. The number of anilines is 1. The highest BCUT2D eigenvalue weighted by atomic mass is 32.2. The molecule has 0 saturated carbocycles. The van der Waals surface area contributed by atoms with E-state index in [4.69, 9.17) is 14.2 Å². The predicted octanol–water partition coefficient (Wildman–Crippen LogP) is 5.94. The summed E-state index contributed by atoms with van der Waals surface area (Å²) in [5.41, 5.74) is 3.17. The number of ether oxygens (including phenoxy) is 3. The fourth-order valence-electron chi connectivity index (χ4n) is 4.82. The van der Waals surface area contributed by atoms with Crippen LogP contribution in [0.25, 0.3) is 5.76 Å². The minimum atomic E-state index is -0.957. The largest absolute Gasteiger partial charge is 0.507 e. The van der Waals surface area contributed by atoms with Crippen LogP contribution >= 0.6 is 23.1 Å². The van der Waals surface area contributed by atoms with E-state index in [9.17, 15) is 14.7 Å². The molecule has 0 aliphatic carbocycles. The summed E-state index contributed by atoms with van der Waals surface area (Å²) in [5.74, 6) is 0.310. The van der Waals surface area contributed by atoms with Crippen LogP contribution < -0.4 is 19.1 Å². The Hall–Kier alpha value is -4.35. The van der Waals surface area contributed by atoms with Crippen LogP contribution in [0.5, 0.6) is 17.2 Å². The van der Waals surface area contributed by atoms with E-state index in [0.29, 0.717) is 58.3 Å². The zero-order valence-electron chi connectivity index (χ0n) is 22.9. The smallest absolute Gasteiger partial charge is 0.301 e. The molecule has 0 bridgehead atoms. The number of ketones is 1. The Bertz CT molecular complexity index is 1680. The molecule has 1 fully saturated rings. The standard InChI is InChI=1S/C31H27N3O6S2/c1-3-38-22-6-4-5-20(15-22)26-25(27(35)21-11-12-23-24(16-21)40-14-13-39-23)28(36)29(37)34(26)30-32-33-31(42-30)41-17-19-9-7-18(2)8-10-19/h4-12,15-16,26,35H,3,13-14,17H2,1-2H3/t26-/m1/s1. The van der Waals surface area contributed by atoms with Crippen molar-refractivity contribution in [1.29, 1.82) is 0 Å². The number of rotatable bonds is 8. The Morgan fingerprint density at radius 2 is 1.83 bits per heavy atom. The highest BCUT2D eigenvalue weighted by Crippen LogP contribution is 2.45. The zero-order chi connectivity index (χ0) is 29.2. The van der Waals surface area contributed by atoms with Crippen molar-refractivity contribution < 1.29 is 28.9 Å². The molecule has 3 aromatic carbocycles. The minimum Gasteiger partial charge on any atom is -0.507 e. The molecule has 1 aromatic heterocycles. The van der Waals surface area contributed by atoms with Gasteiger partial charge in [-0.1, -0.05) is 65.1 Å². The van der Waals surface area contributed by atoms with Crippen molar-refractivity contribution in [1.82, 2.24) is 10.2 Å². The van der Waals surface area contributed by atoms with E-state index in [1.165, 1.54) is 33.6 Å². The van der Waals surface area contributed by atoms with Gasteiger partial charge in [0, 0.05) is 11.3 Å². The van der Waals surface area contributed by atoms with E-state index in [2.05, 4.69) is 34.5 Å². The van der Waals surface area contributed by atoms with E-state index in [1.807, 2.05) is 13.8 Å². The van der Waals surface area contributed by atoms with Gasteiger partial charge in [0.2, 0.25) is 5.13 Å². The number of aryl methyl sites for hydroxylation is 1. The maximum atomic E-state index is 13.6. The highest BCUT2D eigenvalue weighted by Gasteiger charge is 2.48. The normalized spacial score (nSPS) is 17.5. The van der Waals surface area contributed by atoms with Crippen LogP contribution in [0.1, 0.15) is 35.2 Å². The van der Waals surface area contributed by atoms with Crippen molar-refractivity contribution in [3.05, 3.63) is 94.6 Å². The number of carbonyl (C=O) groups is 2. The Morgan fingerprint density at radius 3 is 2.62 bits per heavy atom. The van der Waals surface area contributed by atoms with Crippen LogP contribution in [-0.4, -0.2) is 46.8 Å². The van der Waals surface area contributed by atoms with Gasteiger partial charge < -0.3 is 19.3 Å². The second-order valence-electron chi connectivity index (χ2n) is 9.66. The monoisotopic (exact) mass is 601 g/mol. The second-order valence-corrected chi connectivity index (χ2v) is 11.8. The third-order valence-corrected chi connectivity index (χ3v) is 8.96. The number of aliphatic hydroxyl groups excluding tert-OH is 1. The highest BCUT2D eigenvalue weighted by molar-refractivity contribution is 8.00. The maximum absolute atomic E-state index is 13.6. The van der Waals surface area contributed by atoms with Gasteiger partial charge in [-0.25, -0.2) is 0 Å². The average Bonchev–Trinajstić information content (AvgIpc) is 3.58. The second kappa shape index (κ2) is 11.9. The number of thioether (sulfide) groups is 1.